The zero-order chi connectivity index (χ0) is 14.0. The normalized spacial score (nSPS) is 19.7. The fraction of sp³-hybridized carbons (Fsp3) is 0.429. The van der Waals surface area contributed by atoms with Crippen LogP contribution >= 0.6 is 0 Å². The predicted octanol–water partition coefficient (Wildman–Crippen LogP) is 0.495. The van der Waals surface area contributed by atoms with Gasteiger partial charge in [-0.3, -0.25) is 9.59 Å². The van der Waals surface area contributed by atoms with Crippen molar-refractivity contribution in [2.24, 2.45) is 5.73 Å². The topological polar surface area (TPSA) is 66.6 Å². The zero-order valence-electron chi connectivity index (χ0n) is 11.3. The smallest absolute Gasteiger partial charge is 0.246 e. The molecule has 0 spiro atoms. The van der Waals surface area contributed by atoms with Crippen LogP contribution in [-0.2, 0) is 4.79 Å². The van der Waals surface area contributed by atoms with E-state index in [4.69, 9.17) is 5.73 Å². The molecule has 5 nitrogen and oxygen atoms in total. The van der Waals surface area contributed by atoms with Gasteiger partial charge in [-0.1, -0.05) is 12.1 Å². The summed E-state index contributed by atoms with van der Waals surface area (Å²) >= 11 is 0. The summed E-state index contributed by atoms with van der Waals surface area (Å²) < 4.78 is 0. The van der Waals surface area contributed by atoms with Crippen LogP contribution in [0.1, 0.15) is 17.3 Å². The van der Waals surface area contributed by atoms with Crippen molar-refractivity contribution >= 4 is 17.4 Å². The summed E-state index contributed by atoms with van der Waals surface area (Å²) in [6, 6.07) is 7.00. The van der Waals surface area contributed by atoms with E-state index < -0.39 is 0 Å². The van der Waals surface area contributed by atoms with E-state index in [2.05, 4.69) is 0 Å². The SMILES string of the molecule is CC(=O)c1cccc(N2CCN(C)C(=O)C2CN)c1. The lowest BCUT2D eigenvalue weighted by atomic mass is 10.1. The molecule has 19 heavy (non-hydrogen) atoms. The number of rotatable bonds is 3. The van der Waals surface area contributed by atoms with Crippen LogP contribution in [0.5, 0.6) is 0 Å². The Morgan fingerprint density at radius 3 is 2.79 bits per heavy atom. The molecule has 102 valence electrons. The van der Waals surface area contributed by atoms with E-state index in [9.17, 15) is 9.59 Å². The molecule has 1 heterocycles. The largest absolute Gasteiger partial charge is 0.357 e. The molecule has 1 aromatic carbocycles. The maximum absolute atomic E-state index is 12.1. The van der Waals surface area contributed by atoms with Gasteiger partial charge in [0.15, 0.2) is 5.78 Å². The van der Waals surface area contributed by atoms with Gasteiger partial charge in [0.25, 0.3) is 0 Å². The summed E-state index contributed by atoms with van der Waals surface area (Å²) in [6.45, 7) is 3.20. The summed E-state index contributed by atoms with van der Waals surface area (Å²) in [7, 11) is 1.79. The third-order valence-electron chi connectivity index (χ3n) is 3.52. The Balaban J connectivity index is 2.32. The van der Waals surface area contributed by atoms with Crippen LogP contribution in [-0.4, -0.2) is 49.3 Å². The van der Waals surface area contributed by atoms with Crippen molar-refractivity contribution in [3.05, 3.63) is 29.8 Å². The minimum atomic E-state index is -0.346. The van der Waals surface area contributed by atoms with Gasteiger partial charge in [-0.15, -0.1) is 0 Å². The predicted molar refractivity (Wildman–Crippen MR) is 74.3 cm³/mol. The van der Waals surface area contributed by atoms with Crippen LogP contribution in [0.4, 0.5) is 5.69 Å². The van der Waals surface area contributed by atoms with Crippen molar-refractivity contribution in [1.29, 1.82) is 0 Å². The van der Waals surface area contributed by atoms with E-state index in [1.165, 1.54) is 6.92 Å². The highest BCUT2D eigenvalue weighted by Crippen LogP contribution is 2.22. The van der Waals surface area contributed by atoms with Gasteiger partial charge >= 0.3 is 0 Å². The van der Waals surface area contributed by atoms with E-state index in [1.54, 1.807) is 18.0 Å². The zero-order valence-corrected chi connectivity index (χ0v) is 11.3. The van der Waals surface area contributed by atoms with Crippen LogP contribution in [0.25, 0.3) is 0 Å². The first kappa shape index (κ1) is 13.5. The number of ketones is 1. The first-order valence-electron chi connectivity index (χ1n) is 6.37. The number of piperazine rings is 1. The Bertz CT molecular complexity index is 501. The Hall–Kier alpha value is -1.88. The van der Waals surface area contributed by atoms with Gasteiger partial charge in [-0.05, 0) is 19.1 Å². The third-order valence-corrected chi connectivity index (χ3v) is 3.52. The molecule has 0 saturated carbocycles. The number of anilines is 1. The average Bonchev–Trinajstić information content (AvgIpc) is 2.41. The fourth-order valence-corrected chi connectivity index (χ4v) is 2.35. The molecule has 0 aromatic heterocycles. The van der Waals surface area contributed by atoms with Gasteiger partial charge in [-0.2, -0.15) is 0 Å². The van der Waals surface area contributed by atoms with Gasteiger partial charge in [-0.25, -0.2) is 0 Å². The summed E-state index contributed by atoms with van der Waals surface area (Å²) in [5, 5.41) is 0. The molecule has 1 fully saturated rings. The van der Waals surface area contributed by atoms with Gasteiger partial charge < -0.3 is 15.5 Å². The van der Waals surface area contributed by atoms with Crippen molar-refractivity contribution in [2.75, 3.05) is 31.6 Å². The Labute approximate surface area is 113 Å². The highest BCUT2D eigenvalue weighted by molar-refractivity contribution is 5.95. The number of likely N-dealkylation sites (N-methyl/N-ethyl adjacent to an activating group) is 1. The number of amides is 1. The molecule has 2 rings (SSSR count). The molecular formula is C14H19N3O2. The lowest BCUT2D eigenvalue weighted by Crippen LogP contribution is -2.58. The minimum absolute atomic E-state index is 0.0200. The highest BCUT2D eigenvalue weighted by atomic mass is 16.2. The van der Waals surface area contributed by atoms with E-state index in [-0.39, 0.29) is 24.3 Å². The second-order valence-corrected chi connectivity index (χ2v) is 4.81. The molecule has 1 unspecified atom stereocenters. The van der Waals surface area contributed by atoms with Crippen molar-refractivity contribution in [3.63, 3.8) is 0 Å². The molecule has 1 amide bonds. The first-order chi connectivity index (χ1) is 9.04. The van der Waals surface area contributed by atoms with E-state index >= 15 is 0 Å². The van der Waals surface area contributed by atoms with Crippen LogP contribution in [0.2, 0.25) is 0 Å². The van der Waals surface area contributed by atoms with E-state index in [1.807, 2.05) is 23.1 Å². The lowest BCUT2D eigenvalue weighted by Gasteiger charge is -2.40. The maximum atomic E-state index is 12.1. The van der Waals surface area contributed by atoms with Gasteiger partial charge in [0, 0.05) is 37.9 Å². The summed E-state index contributed by atoms with van der Waals surface area (Å²) in [5.74, 6) is 0.0496. The number of nitrogens with two attached hydrogens (primary N) is 1. The highest BCUT2D eigenvalue weighted by Gasteiger charge is 2.32. The minimum Gasteiger partial charge on any atom is -0.357 e. The molecule has 1 aliphatic heterocycles. The van der Waals surface area contributed by atoms with Crippen LogP contribution in [0, 0.1) is 0 Å². The molecule has 0 aliphatic carbocycles. The summed E-state index contributed by atoms with van der Waals surface area (Å²) in [5.41, 5.74) is 7.26. The lowest BCUT2D eigenvalue weighted by molar-refractivity contribution is -0.132. The average molecular weight is 261 g/mol. The molecule has 0 radical (unpaired) electrons. The van der Waals surface area contributed by atoms with Gasteiger partial charge in [0.2, 0.25) is 5.91 Å². The molecular weight excluding hydrogens is 242 g/mol. The second kappa shape index (κ2) is 5.40. The van der Waals surface area contributed by atoms with Crippen LogP contribution in [0.3, 0.4) is 0 Å². The Morgan fingerprint density at radius 1 is 1.42 bits per heavy atom. The first-order valence-corrected chi connectivity index (χ1v) is 6.37. The van der Waals surface area contributed by atoms with Crippen LogP contribution in [0.15, 0.2) is 24.3 Å². The van der Waals surface area contributed by atoms with E-state index in [0.717, 1.165) is 12.2 Å². The molecule has 1 atom stereocenters. The number of nitrogens with zero attached hydrogens (tertiary/aromatic N) is 2. The third kappa shape index (κ3) is 2.61. The molecule has 0 bridgehead atoms. The number of carbonyl (C=O) groups is 2. The number of hydrogen-bond donors (Lipinski definition) is 1. The number of benzene rings is 1. The van der Waals surface area contributed by atoms with Crippen molar-refractivity contribution in [2.45, 2.75) is 13.0 Å². The molecule has 1 aliphatic rings. The fourth-order valence-electron chi connectivity index (χ4n) is 2.35. The summed E-state index contributed by atoms with van der Waals surface area (Å²) in [4.78, 5) is 27.2. The monoisotopic (exact) mass is 261 g/mol. The standard InChI is InChI=1S/C14H19N3O2/c1-10(18)11-4-3-5-12(8-11)17-7-6-16(2)14(19)13(17)9-15/h3-5,8,13H,6-7,9,15H2,1-2H3. The number of Topliss-reactive ketones (excluding diaryl/α,β-unsaturated/α-hetero) is 1. The molecule has 2 N–H and O–H groups in total. The van der Waals surface area contributed by atoms with Gasteiger partial charge in [0.1, 0.15) is 6.04 Å². The van der Waals surface area contributed by atoms with Crippen LogP contribution < -0.4 is 10.6 Å². The van der Waals surface area contributed by atoms with Gasteiger partial charge in [0.05, 0.1) is 0 Å². The second-order valence-electron chi connectivity index (χ2n) is 4.81. The Kier molecular flexibility index (Phi) is 3.85. The van der Waals surface area contributed by atoms with Crippen molar-refractivity contribution in [1.82, 2.24) is 4.90 Å². The molecule has 5 heteroatoms. The quantitative estimate of drug-likeness (QED) is 0.804. The number of hydrogen-bond acceptors (Lipinski definition) is 4. The maximum Gasteiger partial charge on any atom is 0.246 e. The summed E-state index contributed by atoms with van der Waals surface area (Å²) in [6.07, 6.45) is 0. The molecule has 1 saturated heterocycles. The van der Waals surface area contributed by atoms with Crippen molar-refractivity contribution in [3.8, 4) is 0 Å². The Morgan fingerprint density at radius 2 is 2.16 bits per heavy atom. The molecule has 1 aromatic rings. The van der Waals surface area contributed by atoms with E-state index in [0.29, 0.717) is 12.1 Å². The van der Waals surface area contributed by atoms with Crippen molar-refractivity contribution < 1.29 is 9.59 Å². The number of carbonyl (C=O) groups excluding carboxylic acids is 2.